The number of benzene rings is 1. The van der Waals surface area contributed by atoms with Crippen LogP contribution in [0.2, 0.25) is 5.02 Å². The van der Waals surface area contributed by atoms with E-state index in [0.717, 1.165) is 13.8 Å². The highest BCUT2D eigenvalue weighted by atomic mass is 79.9. The summed E-state index contributed by atoms with van der Waals surface area (Å²) in [7, 11) is 0. The summed E-state index contributed by atoms with van der Waals surface area (Å²) >= 11 is 14.2. The van der Waals surface area contributed by atoms with Gasteiger partial charge in [0.25, 0.3) is 5.91 Å². The van der Waals surface area contributed by atoms with Gasteiger partial charge in [-0.25, -0.2) is 0 Å². The summed E-state index contributed by atoms with van der Waals surface area (Å²) in [6.07, 6.45) is 0. The molecule has 1 aromatic carbocycles. The zero-order valence-electron chi connectivity index (χ0n) is 9.04. The lowest BCUT2D eigenvalue weighted by atomic mass is 10.2. The fourth-order valence-electron chi connectivity index (χ4n) is 1.40. The first-order valence-corrected chi connectivity index (χ1v) is 7.87. The van der Waals surface area contributed by atoms with Crippen molar-refractivity contribution in [3.63, 3.8) is 0 Å². The Labute approximate surface area is 131 Å². The van der Waals surface area contributed by atoms with Crippen LogP contribution in [0.4, 0.5) is 0 Å². The summed E-state index contributed by atoms with van der Waals surface area (Å²) in [4.78, 5) is 13.0. The van der Waals surface area contributed by atoms with Crippen LogP contribution < -0.4 is 5.32 Å². The molecule has 1 N–H and O–H groups in total. The van der Waals surface area contributed by atoms with Crippen LogP contribution in [0.25, 0.3) is 0 Å². The van der Waals surface area contributed by atoms with Crippen LogP contribution in [0, 0.1) is 0 Å². The van der Waals surface area contributed by atoms with Crippen LogP contribution in [-0.4, -0.2) is 5.91 Å². The molecule has 1 amide bonds. The lowest BCUT2D eigenvalue weighted by Gasteiger charge is -2.05. The molecule has 0 aliphatic heterocycles. The summed E-state index contributed by atoms with van der Waals surface area (Å²) in [5.74, 6) is -0.140. The monoisotopic (exact) mass is 407 g/mol. The van der Waals surface area contributed by atoms with E-state index < -0.39 is 0 Å². The molecule has 0 spiro atoms. The van der Waals surface area contributed by atoms with Gasteiger partial charge in [-0.1, -0.05) is 27.5 Å². The molecule has 1 heterocycles. The minimum Gasteiger partial charge on any atom is -0.347 e. The highest BCUT2D eigenvalue weighted by molar-refractivity contribution is 9.10. The van der Waals surface area contributed by atoms with E-state index in [1.807, 2.05) is 11.4 Å². The second-order valence-electron chi connectivity index (χ2n) is 3.53. The maximum atomic E-state index is 12.0. The zero-order valence-corrected chi connectivity index (χ0v) is 13.8. The Morgan fingerprint density at radius 2 is 2.11 bits per heavy atom. The number of nitrogens with one attached hydrogen (secondary N) is 1. The van der Waals surface area contributed by atoms with Crippen LogP contribution in [0.1, 0.15) is 15.2 Å². The molecule has 1 aromatic heterocycles. The van der Waals surface area contributed by atoms with Gasteiger partial charge >= 0.3 is 0 Å². The molecule has 2 aromatic rings. The van der Waals surface area contributed by atoms with Crippen molar-refractivity contribution in [2.45, 2.75) is 6.54 Å². The standard InChI is InChI=1S/C12H8Br2ClNOS/c13-8-3-7(4-9(15)5-8)12(17)16-6-11-10(14)1-2-18-11/h1-5H,6H2,(H,16,17). The van der Waals surface area contributed by atoms with E-state index in [4.69, 9.17) is 11.6 Å². The molecule has 0 atom stereocenters. The smallest absolute Gasteiger partial charge is 0.251 e. The molecule has 2 nitrogen and oxygen atoms in total. The highest BCUT2D eigenvalue weighted by Crippen LogP contribution is 2.23. The van der Waals surface area contributed by atoms with Gasteiger partial charge in [0.05, 0.1) is 6.54 Å². The first-order valence-electron chi connectivity index (χ1n) is 5.02. The van der Waals surface area contributed by atoms with E-state index in [2.05, 4.69) is 37.2 Å². The van der Waals surface area contributed by atoms with E-state index in [9.17, 15) is 4.79 Å². The Bertz CT molecular complexity index is 565. The van der Waals surface area contributed by atoms with Gasteiger partial charge in [0, 0.05) is 24.4 Å². The minimum atomic E-state index is -0.140. The first-order chi connectivity index (χ1) is 8.56. The second-order valence-corrected chi connectivity index (χ2v) is 6.74. The zero-order chi connectivity index (χ0) is 13.1. The van der Waals surface area contributed by atoms with Crippen LogP contribution in [-0.2, 0) is 6.54 Å². The normalized spacial score (nSPS) is 10.4. The van der Waals surface area contributed by atoms with Gasteiger partial charge in [-0.2, -0.15) is 0 Å². The number of hydrogen-bond donors (Lipinski definition) is 1. The predicted octanol–water partition coefficient (Wildman–Crippen LogP) is 4.86. The van der Waals surface area contributed by atoms with Crippen LogP contribution >= 0.6 is 54.8 Å². The number of carbonyl (C=O) groups excluding carboxylic acids is 1. The maximum Gasteiger partial charge on any atom is 0.251 e. The highest BCUT2D eigenvalue weighted by Gasteiger charge is 2.09. The van der Waals surface area contributed by atoms with Crippen molar-refractivity contribution in [1.29, 1.82) is 0 Å². The van der Waals surface area contributed by atoms with E-state index in [-0.39, 0.29) is 5.91 Å². The molecular weight excluding hydrogens is 401 g/mol. The number of carbonyl (C=O) groups is 1. The Kier molecular flexibility index (Phi) is 4.84. The molecule has 6 heteroatoms. The number of halogens is 3. The predicted molar refractivity (Wildman–Crippen MR) is 82.3 cm³/mol. The largest absolute Gasteiger partial charge is 0.347 e. The molecule has 0 aliphatic rings. The van der Waals surface area contributed by atoms with Crippen molar-refractivity contribution in [2.75, 3.05) is 0 Å². The second kappa shape index (κ2) is 6.19. The maximum absolute atomic E-state index is 12.0. The molecule has 0 saturated carbocycles. The van der Waals surface area contributed by atoms with Gasteiger partial charge in [0.15, 0.2) is 0 Å². The minimum absolute atomic E-state index is 0.140. The van der Waals surface area contributed by atoms with Gasteiger partial charge in [-0.05, 0) is 45.6 Å². The van der Waals surface area contributed by atoms with E-state index >= 15 is 0 Å². The van der Waals surface area contributed by atoms with E-state index in [1.54, 1.807) is 29.5 Å². The van der Waals surface area contributed by atoms with Crippen LogP contribution in [0.5, 0.6) is 0 Å². The molecule has 0 bridgehead atoms. The molecule has 0 aliphatic carbocycles. The van der Waals surface area contributed by atoms with Crippen molar-refractivity contribution >= 4 is 60.7 Å². The van der Waals surface area contributed by atoms with Gasteiger partial charge < -0.3 is 5.32 Å². The lowest BCUT2D eigenvalue weighted by molar-refractivity contribution is 0.0951. The third-order valence-corrected chi connectivity index (χ3v) is 4.83. The summed E-state index contributed by atoms with van der Waals surface area (Å²) in [5, 5.41) is 5.37. The lowest BCUT2D eigenvalue weighted by Crippen LogP contribution is -2.22. The molecule has 0 unspecified atom stereocenters. The van der Waals surface area contributed by atoms with Gasteiger partial charge in [0.1, 0.15) is 0 Å². The van der Waals surface area contributed by atoms with Gasteiger partial charge in [-0.15, -0.1) is 11.3 Å². The summed E-state index contributed by atoms with van der Waals surface area (Å²) in [6, 6.07) is 7.09. The van der Waals surface area contributed by atoms with Gasteiger partial charge in [0.2, 0.25) is 0 Å². The van der Waals surface area contributed by atoms with Crippen molar-refractivity contribution < 1.29 is 4.79 Å². The Morgan fingerprint density at radius 1 is 1.33 bits per heavy atom. The molecule has 2 rings (SSSR count). The summed E-state index contributed by atoms with van der Waals surface area (Å²) in [6.45, 7) is 0.501. The average molecular weight is 410 g/mol. The molecule has 0 radical (unpaired) electrons. The SMILES string of the molecule is O=C(NCc1sccc1Br)c1cc(Cl)cc(Br)c1. The third kappa shape index (κ3) is 3.57. The van der Waals surface area contributed by atoms with Crippen molar-refractivity contribution in [1.82, 2.24) is 5.32 Å². The topological polar surface area (TPSA) is 29.1 Å². The van der Waals surface area contributed by atoms with E-state index in [1.165, 1.54) is 0 Å². The first kappa shape index (κ1) is 14.1. The molecule has 18 heavy (non-hydrogen) atoms. The average Bonchev–Trinajstić information content (AvgIpc) is 2.70. The number of amides is 1. The Hall–Kier alpha value is -0.360. The molecule has 94 valence electrons. The van der Waals surface area contributed by atoms with Crippen molar-refractivity contribution in [3.8, 4) is 0 Å². The van der Waals surface area contributed by atoms with E-state index in [0.29, 0.717) is 17.1 Å². The third-order valence-electron chi connectivity index (χ3n) is 2.23. The number of hydrogen-bond acceptors (Lipinski definition) is 2. The quantitative estimate of drug-likeness (QED) is 0.771. The van der Waals surface area contributed by atoms with Crippen molar-refractivity contribution in [2.24, 2.45) is 0 Å². The summed E-state index contributed by atoms with van der Waals surface area (Å²) < 4.78 is 1.80. The molecular formula is C12H8Br2ClNOS. The molecule has 0 fully saturated rings. The summed E-state index contributed by atoms with van der Waals surface area (Å²) in [5.41, 5.74) is 0.544. The van der Waals surface area contributed by atoms with Crippen LogP contribution in [0.3, 0.4) is 0 Å². The number of rotatable bonds is 3. The fourth-order valence-corrected chi connectivity index (χ4v) is 3.69. The van der Waals surface area contributed by atoms with Gasteiger partial charge in [-0.3, -0.25) is 4.79 Å². The Balaban J connectivity index is 2.06. The molecule has 0 saturated heterocycles. The van der Waals surface area contributed by atoms with Crippen molar-refractivity contribution in [3.05, 3.63) is 54.1 Å². The fraction of sp³-hybridized carbons (Fsp3) is 0.0833. The van der Waals surface area contributed by atoms with Crippen LogP contribution in [0.15, 0.2) is 38.6 Å². The number of thiophene rings is 1. The Morgan fingerprint density at radius 3 is 2.72 bits per heavy atom.